The highest BCUT2D eigenvalue weighted by molar-refractivity contribution is 7.15. The Bertz CT molecular complexity index is 665. The molecule has 0 aliphatic carbocycles. The predicted octanol–water partition coefficient (Wildman–Crippen LogP) is 2.83. The number of benzene rings is 1. The van der Waals surface area contributed by atoms with Crippen molar-refractivity contribution in [3.8, 4) is 10.6 Å². The lowest BCUT2D eigenvalue weighted by Crippen LogP contribution is -2.30. The van der Waals surface area contributed by atoms with E-state index < -0.39 is 0 Å². The van der Waals surface area contributed by atoms with Crippen LogP contribution >= 0.6 is 11.3 Å². The first kappa shape index (κ1) is 14.2. The Labute approximate surface area is 126 Å². The molecule has 0 radical (unpaired) electrons. The maximum absolute atomic E-state index is 13.0. The monoisotopic (exact) mass is 306 g/mol. The molecule has 110 valence electrons. The van der Waals surface area contributed by atoms with Crippen LogP contribution < -0.4 is 5.32 Å². The molecule has 0 bridgehead atoms. The van der Waals surface area contributed by atoms with Crippen molar-refractivity contribution in [2.24, 2.45) is 0 Å². The molecule has 6 heteroatoms. The summed E-state index contributed by atoms with van der Waals surface area (Å²) in [5.74, 6) is -0.351. The van der Waals surface area contributed by atoms with E-state index in [1.165, 1.54) is 23.5 Å². The summed E-state index contributed by atoms with van der Waals surface area (Å²) in [7, 11) is 0. The molecule has 21 heavy (non-hydrogen) atoms. The Morgan fingerprint density at radius 1 is 1.48 bits per heavy atom. The van der Waals surface area contributed by atoms with Crippen molar-refractivity contribution in [1.29, 1.82) is 0 Å². The van der Waals surface area contributed by atoms with Crippen LogP contribution in [-0.4, -0.2) is 23.6 Å². The van der Waals surface area contributed by atoms with Crippen molar-refractivity contribution in [1.82, 2.24) is 10.3 Å². The lowest BCUT2D eigenvalue weighted by molar-refractivity contribution is -0.122. The van der Waals surface area contributed by atoms with Gasteiger partial charge in [-0.05, 0) is 38.1 Å². The molecule has 4 nitrogen and oxygen atoms in total. The normalized spacial score (nSPS) is 18.3. The van der Waals surface area contributed by atoms with Gasteiger partial charge in [-0.2, -0.15) is 0 Å². The smallest absolute Gasteiger partial charge is 0.252 e. The fourth-order valence-electron chi connectivity index (χ4n) is 2.10. The van der Waals surface area contributed by atoms with Gasteiger partial charge in [-0.1, -0.05) is 0 Å². The third-order valence-electron chi connectivity index (χ3n) is 3.30. The minimum Gasteiger partial charge on any atom is -0.363 e. The number of thiazole rings is 1. The molecule has 1 aliphatic heterocycles. The number of rotatable bonds is 4. The van der Waals surface area contributed by atoms with Gasteiger partial charge in [0.25, 0.3) is 5.91 Å². The zero-order valence-corrected chi connectivity index (χ0v) is 12.5. The van der Waals surface area contributed by atoms with Gasteiger partial charge in [0.2, 0.25) is 0 Å². The molecule has 1 aromatic carbocycles. The molecule has 2 atom stereocenters. The van der Waals surface area contributed by atoms with Crippen LogP contribution in [0.15, 0.2) is 24.3 Å². The van der Waals surface area contributed by atoms with Crippen LogP contribution in [-0.2, 0) is 9.53 Å². The maximum atomic E-state index is 13.0. The second-order valence-electron chi connectivity index (χ2n) is 5.03. The average Bonchev–Trinajstić information content (AvgIpc) is 3.23. The molecule has 3 rings (SSSR count). The molecular weight excluding hydrogens is 291 g/mol. The number of carbonyl (C=O) groups excluding carboxylic acids is 1. The van der Waals surface area contributed by atoms with E-state index in [-0.39, 0.29) is 23.9 Å². The topological polar surface area (TPSA) is 54.5 Å². The molecule has 1 aliphatic rings. The summed E-state index contributed by atoms with van der Waals surface area (Å²) in [6, 6.07) is 6.13. The highest BCUT2D eigenvalue weighted by atomic mass is 32.1. The number of halogens is 1. The highest BCUT2D eigenvalue weighted by Crippen LogP contribution is 2.32. The first-order valence-electron chi connectivity index (χ1n) is 6.70. The first-order chi connectivity index (χ1) is 10.0. The van der Waals surface area contributed by atoms with Crippen LogP contribution in [0.1, 0.15) is 23.5 Å². The van der Waals surface area contributed by atoms with Crippen LogP contribution in [0.4, 0.5) is 4.39 Å². The Morgan fingerprint density at radius 2 is 2.14 bits per heavy atom. The van der Waals surface area contributed by atoms with E-state index in [9.17, 15) is 9.18 Å². The zero-order chi connectivity index (χ0) is 15.0. The molecule has 1 fully saturated rings. The lowest BCUT2D eigenvalue weighted by Gasteiger charge is -2.11. The van der Waals surface area contributed by atoms with Gasteiger partial charge in [0, 0.05) is 5.56 Å². The molecule has 1 amide bonds. The van der Waals surface area contributed by atoms with Crippen LogP contribution in [0.3, 0.4) is 0 Å². The second kappa shape index (κ2) is 5.54. The molecule has 1 saturated heterocycles. The van der Waals surface area contributed by atoms with Gasteiger partial charge in [-0.15, -0.1) is 11.3 Å². The molecule has 0 saturated carbocycles. The molecule has 0 spiro atoms. The van der Waals surface area contributed by atoms with E-state index in [0.29, 0.717) is 6.61 Å². The summed E-state index contributed by atoms with van der Waals surface area (Å²) in [5, 5.41) is 3.74. The first-order valence-corrected chi connectivity index (χ1v) is 7.51. The number of epoxide rings is 1. The molecule has 2 heterocycles. The summed E-state index contributed by atoms with van der Waals surface area (Å²) < 4.78 is 17.9. The standard InChI is InChI=1S/C15H15FN2O2S/c1-8(17-14(19)12-7-20-12)13-9(2)18-15(21-13)10-3-5-11(16)6-4-10/h3-6,8,12H,7H2,1-2H3,(H,17,19). The van der Waals surface area contributed by atoms with E-state index in [2.05, 4.69) is 10.3 Å². The maximum Gasteiger partial charge on any atom is 0.252 e. The van der Waals surface area contributed by atoms with Crippen molar-refractivity contribution in [2.75, 3.05) is 6.61 Å². The molecule has 1 aromatic heterocycles. The second-order valence-corrected chi connectivity index (χ2v) is 6.06. The number of aromatic nitrogens is 1. The Hall–Kier alpha value is -1.79. The Morgan fingerprint density at radius 3 is 2.76 bits per heavy atom. The van der Waals surface area contributed by atoms with E-state index in [4.69, 9.17) is 4.74 Å². The Balaban J connectivity index is 1.80. The minimum absolute atomic E-state index is 0.0846. The lowest BCUT2D eigenvalue weighted by atomic mass is 10.2. The quantitative estimate of drug-likeness (QED) is 0.884. The minimum atomic E-state index is -0.294. The van der Waals surface area contributed by atoms with Crippen molar-refractivity contribution in [3.05, 3.63) is 40.7 Å². The van der Waals surface area contributed by atoms with Gasteiger partial charge in [0.1, 0.15) is 10.8 Å². The summed E-state index contributed by atoms with van der Waals surface area (Å²) in [5.41, 5.74) is 1.75. The average molecular weight is 306 g/mol. The van der Waals surface area contributed by atoms with Gasteiger partial charge in [-0.3, -0.25) is 4.79 Å². The molecule has 2 unspecified atom stereocenters. The number of hydrogen-bond donors (Lipinski definition) is 1. The Kier molecular flexibility index (Phi) is 3.73. The fraction of sp³-hybridized carbons (Fsp3) is 0.333. The number of amides is 1. The van der Waals surface area contributed by atoms with Crippen molar-refractivity contribution in [2.45, 2.75) is 26.0 Å². The summed E-state index contributed by atoms with van der Waals surface area (Å²) in [6.07, 6.45) is -0.294. The van der Waals surface area contributed by atoms with Crippen LogP contribution in [0.5, 0.6) is 0 Å². The largest absolute Gasteiger partial charge is 0.363 e. The van der Waals surface area contributed by atoms with E-state index in [1.54, 1.807) is 12.1 Å². The number of hydrogen-bond acceptors (Lipinski definition) is 4. The number of carbonyl (C=O) groups is 1. The van der Waals surface area contributed by atoms with Crippen LogP contribution in [0.25, 0.3) is 10.6 Å². The third kappa shape index (κ3) is 3.11. The molecule has 2 aromatic rings. The van der Waals surface area contributed by atoms with E-state index in [1.807, 2.05) is 13.8 Å². The van der Waals surface area contributed by atoms with E-state index in [0.717, 1.165) is 21.1 Å². The number of ether oxygens (including phenoxy) is 1. The number of nitrogens with one attached hydrogen (secondary N) is 1. The van der Waals surface area contributed by atoms with Crippen LogP contribution in [0.2, 0.25) is 0 Å². The van der Waals surface area contributed by atoms with Gasteiger partial charge in [0.05, 0.1) is 23.2 Å². The molecular formula is C15H15FN2O2S. The number of nitrogens with zero attached hydrogens (tertiary/aromatic N) is 1. The zero-order valence-electron chi connectivity index (χ0n) is 11.7. The van der Waals surface area contributed by atoms with Gasteiger partial charge in [-0.25, -0.2) is 9.37 Å². The van der Waals surface area contributed by atoms with Crippen molar-refractivity contribution in [3.63, 3.8) is 0 Å². The SMILES string of the molecule is Cc1nc(-c2ccc(F)cc2)sc1C(C)NC(=O)C1CO1. The van der Waals surface area contributed by atoms with Gasteiger partial charge >= 0.3 is 0 Å². The van der Waals surface area contributed by atoms with Gasteiger partial charge < -0.3 is 10.1 Å². The summed E-state index contributed by atoms with van der Waals surface area (Å²) in [6.45, 7) is 4.34. The summed E-state index contributed by atoms with van der Waals surface area (Å²) >= 11 is 1.51. The van der Waals surface area contributed by atoms with Crippen LogP contribution in [0, 0.1) is 12.7 Å². The third-order valence-corrected chi connectivity index (χ3v) is 4.69. The predicted molar refractivity (Wildman–Crippen MR) is 78.5 cm³/mol. The highest BCUT2D eigenvalue weighted by Gasteiger charge is 2.32. The van der Waals surface area contributed by atoms with Crippen molar-refractivity contribution < 1.29 is 13.9 Å². The van der Waals surface area contributed by atoms with Crippen molar-refractivity contribution >= 4 is 17.2 Å². The molecule has 1 N–H and O–H groups in total. The van der Waals surface area contributed by atoms with E-state index >= 15 is 0 Å². The van der Waals surface area contributed by atoms with Gasteiger partial charge in [0.15, 0.2) is 6.10 Å². The summed E-state index contributed by atoms with van der Waals surface area (Å²) in [4.78, 5) is 17.2. The fourth-order valence-corrected chi connectivity index (χ4v) is 3.17. The number of aryl methyl sites for hydroxylation is 1.